The van der Waals surface area contributed by atoms with Gasteiger partial charge >= 0.3 is 0 Å². The van der Waals surface area contributed by atoms with Gasteiger partial charge in [-0.15, -0.1) is 0 Å². The molecule has 0 saturated carbocycles. The average Bonchev–Trinajstić information content (AvgIpc) is 2.19. The molecule has 1 atom stereocenters. The molecule has 1 aromatic rings. The van der Waals surface area contributed by atoms with Crippen molar-refractivity contribution >= 4 is 17.1 Å². The summed E-state index contributed by atoms with van der Waals surface area (Å²) < 4.78 is 0. The minimum atomic E-state index is 0.728. The van der Waals surface area contributed by atoms with E-state index < -0.39 is 0 Å². The lowest BCUT2D eigenvalue weighted by Gasteiger charge is -2.09. The summed E-state index contributed by atoms with van der Waals surface area (Å²) in [7, 11) is 0. The first kappa shape index (κ1) is 11.4. The first-order valence-corrected chi connectivity index (χ1v) is 5.68. The summed E-state index contributed by atoms with van der Waals surface area (Å²) in [4.78, 5) is 1.19. The van der Waals surface area contributed by atoms with Crippen LogP contribution < -0.4 is 0 Å². The van der Waals surface area contributed by atoms with E-state index in [1.807, 2.05) is 6.07 Å². The van der Waals surface area contributed by atoms with Gasteiger partial charge < -0.3 is 0 Å². The number of hydrogen-bond acceptors (Lipinski definition) is 1. The predicted molar refractivity (Wildman–Crippen MR) is 66.8 cm³/mol. The standard InChI is InChI=1S/C13H18S/c1-3-11(2)9-13(14)10-12-7-5-4-6-8-12/h4-8,11H,3,9-10H2,1-2H3. The molecule has 76 valence electrons. The normalized spacial score (nSPS) is 12.4. The van der Waals surface area contributed by atoms with Crippen molar-refractivity contribution in [1.82, 2.24) is 0 Å². The maximum absolute atomic E-state index is 5.38. The van der Waals surface area contributed by atoms with E-state index in [1.165, 1.54) is 16.8 Å². The monoisotopic (exact) mass is 206 g/mol. The summed E-state index contributed by atoms with van der Waals surface area (Å²) in [6.07, 6.45) is 3.26. The zero-order chi connectivity index (χ0) is 10.4. The Morgan fingerprint density at radius 1 is 1.29 bits per heavy atom. The van der Waals surface area contributed by atoms with Gasteiger partial charge in [0.05, 0.1) is 0 Å². The smallest absolute Gasteiger partial charge is 0.00383 e. The molecule has 0 aliphatic carbocycles. The molecule has 1 unspecified atom stereocenters. The summed E-state index contributed by atoms with van der Waals surface area (Å²) >= 11 is 5.38. The maximum Gasteiger partial charge on any atom is 0.00383 e. The van der Waals surface area contributed by atoms with Gasteiger partial charge in [-0.2, -0.15) is 0 Å². The van der Waals surface area contributed by atoms with Crippen molar-refractivity contribution < 1.29 is 0 Å². The van der Waals surface area contributed by atoms with E-state index in [4.69, 9.17) is 12.2 Å². The van der Waals surface area contributed by atoms with Crippen LogP contribution in [0.3, 0.4) is 0 Å². The number of rotatable bonds is 5. The van der Waals surface area contributed by atoms with Crippen molar-refractivity contribution in [3.63, 3.8) is 0 Å². The fourth-order valence-electron chi connectivity index (χ4n) is 1.43. The van der Waals surface area contributed by atoms with Crippen LogP contribution in [0, 0.1) is 5.92 Å². The van der Waals surface area contributed by atoms with E-state index in [9.17, 15) is 0 Å². The Labute approximate surface area is 92.3 Å². The topological polar surface area (TPSA) is 0 Å². The fourth-order valence-corrected chi connectivity index (χ4v) is 1.88. The van der Waals surface area contributed by atoms with Gasteiger partial charge in [0.2, 0.25) is 0 Å². The molecule has 0 N–H and O–H groups in total. The second-order valence-electron chi connectivity index (χ2n) is 3.92. The van der Waals surface area contributed by atoms with Crippen LogP contribution in [0.25, 0.3) is 0 Å². The summed E-state index contributed by atoms with van der Waals surface area (Å²) in [6.45, 7) is 4.48. The summed E-state index contributed by atoms with van der Waals surface area (Å²) in [5.74, 6) is 0.728. The maximum atomic E-state index is 5.38. The zero-order valence-corrected chi connectivity index (χ0v) is 9.81. The number of hydrogen-bond donors (Lipinski definition) is 0. The van der Waals surface area contributed by atoms with Crippen LogP contribution in [-0.2, 0) is 6.42 Å². The van der Waals surface area contributed by atoms with Crippen LogP contribution in [0.1, 0.15) is 32.3 Å². The number of benzene rings is 1. The molecule has 1 heteroatoms. The average molecular weight is 206 g/mol. The second kappa shape index (κ2) is 5.92. The van der Waals surface area contributed by atoms with Crippen molar-refractivity contribution in [2.24, 2.45) is 5.92 Å². The molecule has 0 spiro atoms. The van der Waals surface area contributed by atoms with Crippen LogP contribution in [-0.4, -0.2) is 4.86 Å². The van der Waals surface area contributed by atoms with E-state index in [2.05, 4.69) is 38.1 Å². The highest BCUT2D eigenvalue weighted by atomic mass is 32.1. The second-order valence-corrected chi connectivity index (χ2v) is 4.50. The van der Waals surface area contributed by atoms with E-state index in [1.54, 1.807) is 0 Å². The van der Waals surface area contributed by atoms with Crippen LogP contribution in [0.4, 0.5) is 0 Å². The Bertz CT molecular complexity index is 277. The summed E-state index contributed by atoms with van der Waals surface area (Å²) in [6, 6.07) is 10.5. The highest BCUT2D eigenvalue weighted by molar-refractivity contribution is 7.80. The Morgan fingerprint density at radius 2 is 1.93 bits per heavy atom. The third-order valence-corrected chi connectivity index (χ3v) is 2.83. The Kier molecular flexibility index (Phi) is 4.81. The largest absolute Gasteiger partial charge is 0.0893 e. The molecule has 0 heterocycles. The lowest BCUT2D eigenvalue weighted by Crippen LogP contribution is -2.05. The van der Waals surface area contributed by atoms with Crippen molar-refractivity contribution in [3.8, 4) is 0 Å². The van der Waals surface area contributed by atoms with Crippen LogP contribution in [0.15, 0.2) is 30.3 Å². The van der Waals surface area contributed by atoms with Gasteiger partial charge in [0.25, 0.3) is 0 Å². The summed E-state index contributed by atoms with van der Waals surface area (Å²) in [5, 5.41) is 0. The highest BCUT2D eigenvalue weighted by Crippen LogP contribution is 2.11. The molecule has 0 radical (unpaired) electrons. The predicted octanol–water partition coefficient (Wildman–Crippen LogP) is 4.04. The van der Waals surface area contributed by atoms with E-state index >= 15 is 0 Å². The van der Waals surface area contributed by atoms with Crippen LogP contribution in [0.2, 0.25) is 0 Å². The Balaban J connectivity index is 2.42. The zero-order valence-electron chi connectivity index (χ0n) is 8.99. The van der Waals surface area contributed by atoms with Crippen molar-refractivity contribution in [2.45, 2.75) is 33.1 Å². The molecule has 0 aliphatic heterocycles. The molecule has 0 aromatic heterocycles. The van der Waals surface area contributed by atoms with Gasteiger partial charge in [-0.05, 0) is 22.8 Å². The Hall–Kier alpha value is -0.690. The summed E-state index contributed by atoms with van der Waals surface area (Å²) in [5.41, 5.74) is 1.33. The molecule has 0 saturated heterocycles. The van der Waals surface area contributed by atoms with E-state index in [-0.39, 0.29) is 0 Å². The van der Waals surface area contributed by atoms with Gasteiger partial charge in [0.1, 0.15) is 0 Å². The molecule has 0 fully saturated rings. The fraction of sp³-hybridized carbons (Fsp3) is 0.462. The quantitative estimate of drug-likeness (QED) is 0.655. The molecule has 0 amide bonds. The van der Waals surface area contributed by atoms with Crippen molar-refractivity contribution in [3.05, 3.63) is 35.9 Å². The molecule has 0 aliphatic rings. The number of thiocarbonyl (C=S) groups is 1. The molecule has 1 aromatic carbocycles. The van der Waals surface area contributed by atoms with E-state index in [0.29, 0.717) is 0 Å². The van der Waals surface area contributed by atoms with Gasteiger partial charge in [-0.1, -0.05) is 62.8 Å². The van der Waals surface area contributed by atoms with Crippen molar-refractivity contribution in [2.75, 3.05) is 0 Å². The molecule has 14 heavy (non-hydrogen) atoms. The highest BCUT2D eigenvalue weighted by Gasteiger charge is 2.04. The molecule has 0 bridgehead atoms. The first-order chi connectivity index (χ1) is 6.72. The SMILES string of the molecule is CCC(C)CC(=S)Cc1ccccc1. The molecule has 1 rings (SSSR count). The van der Waals surface area contributed by atoms with Gasteiger partial charge in [0, 0.05) is 6.42 Å². The van der Waals surface area contributed by atoms with Gasteiger partial charge in [-0.3, -0.25) is 0 Å². The van der Waals surface area contributed by atoms with Gasteiger partial charge in [0.15, 0.2) is 0 Å². The van der Waals surface area contributed by atoms with Gasteiger partial charge in [-0.25, -0.2) is 0 Å². The first-order valence-electron chi connectivity index (χ1n) is 5.28. The third-order valence-electron chi connectivity index (χ3n) is 2.52. The third kappa shape index (κ3) is 4.01. The lowest BCUT2D eigenvalue weighted by molar-refractivity contribution is 0.587. The van der Waals surface area contributed by atoms with Crippen molar-refractivity contribution in [1.29, 1.82) is 0 Å². The Morgan fingerprint density at radius 3 is 2.50 bits per heavy atom. The van der Waals surface area contributed by atoms with Crippen LogP contribution in [0.5, 0.6) is 0 Å². The molecular weight excluding hydrogens is 188 g/mol. The molecule has 0 nitrogen and oxygen atoms in total. The minimum absolute atomic E-state index is 0.728. The lowest BCUT2D eigenvalue weighted by atomic mass is 9.99. The minimum Gasteiger partial charge on any atom is -0.0893 e. The van der Waals surface area contributed by atoms with E-state index in [0.717, 1.165) is 18.8 Å². The molecular formula is C13H18S. The van der Waals surface area contributed by atoms with Crippen LogP contribution >= 0.6 is 12.2 Å².